The van der Waals surface area contributed by atoms with Gasteiger partial charge in [-0.25, -0.2) is 14.1 Å². The van der Waals surface area contributed by atoms with Crippen molar-refractivity contribution in [2.24, 2.45) is 0 Å². The van der Waals surface area contributed by atoms with Gasteiger partial charge in [0.2, 0.25) is 0 Å². The number of carbonyl (C=O) groups excluding carboxylic acids is 3. The molecule has 1 aromatic heterocycles. The van der Waals surface area contributed by atoms with Crippen LogP contribution < -0.4 is 10.2 Å². The predicted octanol–water partition coefficient (Wildman–Crippen LogP) is 4.46. The number of carbonyl (C=O) groups is 3. The molecule has 0 unspecified atom stereocenters. The Morgan fingerprint density at radius 3 is 2.19 bits per heavy atom. The van der Waals surface area contributed by atoms with Crippen LogP contribution >= 0.6 is 0 Å². The Bertz CT molecular complexity index is 1250. The number of amides is 4. The largest absolute Gasteiger partial charge is 0.335 e. The lowest BCUT2D eigenvalue weighted by Crippen LogP contribution is -2.54. The summed E-state index contributed by atoms with van der Waals surface area (Å²) in [6, 6.07) is 14.1. The Kier molecular flexibility index (Phi) is 5.48. The number of halogens is 1. The second-order valence-electron chi connectivity index (χ2n) is 7.62. The summed E-state index contributed by atoms with van der Waals surface area (Å²) >= 11 is 0. The Hall–Kier alpha value is -4.00. The number of nitrogens with one attached hydrogen (secondary N) is 1. The second kappa shape index (κ2) is 8.26. The summed E-state index contributed by atoms with van der Waals surface area (Å²) < 4.78 is 15.3. The first kappa shape index (κ1) is 21.2. The number of hydrogen-bond acceptors (Lipinski definition) is 3. The lowest BCUT2D eigenvalue weighted by atomic mass is 10.1. The number of aryl methyl sites for hydroxylation is 2. The fourth-order valence-electron chi connectivity index (χ4n) is 3.85. The van der Waals surface area contributed by atoms with E-state index in [2.05, 4.69) is 24.4 Å². The topological polar surface area (TPSA) is 71.4 Å². The summed E-state index contributed by atoms with van der Waals surface area (Å²) in [5.41, 5.74) is 4.69. The monoisotopic (exact) mass is 431 g/mol. The summed E-state index contributed by atoms with van der Waals surface area (Å²) in [5, 5.41) is 2.19. The summed E-state index contributed by atoms with van der Waals surface area (Å²) in [5.74, 6) is -2.03. The molecule has 7 heteroatoms. The minimum Gasteiger partial charge on any atom is -0.318 e. The molecule has 0 radical (unpaired) electrons. The van der Waals surface area contributed by atoms with Gasteiger partial charge in [0.1, 0.15) is 11.4 Å². The molecule has 1 fully saturated rings. The molecular weight excluding hydrogens is 409 g/mol. The number of aromatic nitrogens is 1. The number of hydrogen-bond donors (Lipinski definition) is 1. The van der Waals surface area contributed by atoms with Crippen LogP contribution in [0.4, 0.5) is 14.9 Å². The van der Waals surface area contributed by atoms with Gasteiger partial charge in [0, 0.05) is 17.1 Å². The van der Waals surface area contributed by atoms with E-state index >= 15 is 0 Å². The highest BCUT2D eigenvalue weighted by atomic mass is 19.1. The van der Waals surface area contributed by atoms with Gasteiger partial charge < -0.3 is 4.57 Å². The van der Waals surface area contributed by atoms with Gasteiger partial charge in [-0.3, -0.25) is 14.9 Å². The Morgan fingerprint density at radius 1 is 0.938 bits per heavy atom. The van der Waals surface area contributed by atoms with Crippen LogP contribution in [0, 0.1) is 19.7 Å². The molecule has 3 aromatic rings. The maximum Gasteiger partial charge on any atom is 0.335 e. The molecule has 1 saturated heterocycles. The van der Waals surface area contributed by atoms with Gasteiger partial charge in [-0.15, -0.1) is 0 Å². The van der Waals surface area contributed by atoms with E-state index in [4.69, 9.17) is 0 Å². The molecule has 0 atom stereocenters. The lowest BCUT2D eigenvalue weighted by molar-refractivity contribution is -0.122. The van der Waals surface area contributed by atoms with Crippen molar-refractivity contribution in [2.75, 3.05) is 4.90 Å². The molecule has 4 amide bonds. The molecule has 2 heterocycles. The van der Waals surface area contributed by atoms with E-state index in [0.717, 1.165) is 40.5 Å². The molecule has 1 aliphatic heterocycles. The van der Waals surface area contributed by atoms with Gasteiger partial charge in [0.05, 0.1) is 5.69 Å². The van der Waals surface area contributed by atoms with Crippen molar-refractivity contribution in [3.63, 3.8) is 0 Å². The van der Waals surface area contributed by atoms with Crippen LogP contribution in [0.15, 0.2) is 60.2 Å². The third kappa shape index (κ3) is 3.73. The minimum absolute atomic E-state index is 0.171. The Morgan fingerprint density at radius 2 is 1.56 bits per heavy atom. The van der Waals surface area contributed by atoms with Crippen molar-refractivity contribution in [3.05, 3.63) is 88.5 Å². The normalized spacial score (nSPS) is 15.4. The number of benzene rings is 2. The number of nitrogens with zero attached hydrogens (tertiary/aromatic N) is 2. The van der Waals surface area contributed by atoms with Crippen LogP contribution in [0.25, 0.3) is 11.8 Å². The molecule has 162 valence electrons. The van der Waals surface area contributed by atoms with E-state index in [1.54, 1.807) is 0 Å². The van der Waals surface area contributed by atoms with Crippen LogP contribution in [-0.2, 0) is 16.0 Å². The van der Waals surface area contributed by atoms with E-state index in [-0.39, 0.29) is 11.3 Å². The summed E-state index contributed by atoms with van der Waals surface area (Å²) in [7, 11) is 0. The molecule has 4 rings (SSSR count). The van der Waals surface area contributed by atoms with Crippen LogP contribution in [0.3, 0.4) is 0 Å². The molecule has 0 aliphatic carbocycles. The molecule has 32 heavy (non-hydrogen) atoms. The predicted molar refractivity (Wildman–Crippen MR) is 120 cm³/mol. The summed E-state index contributed by atoms with van der Waals surface area (Å²) in [6.45, 7) is 5.94. The number of imide groups is 2. The number of anilines is 1. The Balaban J connectivity index is 1.73. The molecule has 6 nitrogen and oxygen atoms in total. The SMILES string of the molecule is CCc1ccc(-n2c(C)cc(C=C3C(=O)NC(=O)N(c4ccc(F)cc4)C3=O)c2C)cc1. The summed E-state index contributed by atoms with van der Waals surface area (Å²) in [4.78, 5) is 38.7. The van der Waals surface area contributed by atoms with Gasteiger partial charge in [-0.05, 0) is 79.9 Å². The van der Waals surface area contributed by atoms with Gasteiger partial charge in [-0.1, -0.05) is 19.1 Å². The first-order valence-electron chi connectivity index (χ1n) is 10.3. The highest BCUT2D eigenvalue weighted by Gasteiger charge is 2.37. The number of rotatable bonds is 4. The molecule has 0 bridgehead atoms. The van der Waals surface area contributed by atoms with Crippen LogP contribution in [0.1, 0.15) is 29.4 Å². The van der Waals surface area contributed by atoms with Crippen LogP contribution in [-0.4, -0.2) is 22.4 Å². The van der Waals surface area contributed by atoms with E-state index in [1.807, 2.05) is 36.6 Å². The zero-order chi connectivity index (χ0) is 23.0. The van der Waals surface area contributed by atoms with Crippen LogP contribution in [0.2, 0.25) is 0 Å². The van der Waals surface area contributed by atoms with Gasteiger partial charge in [0.15, 0.2) is 0 Å². The minimum atomic E-state index is -0.870. The number of barbiturate groups is 1. The fraction of sp³-hybridized carbons (Fsp3) is 0.160. The smallest absolute Gasteiger partial charge is 0.318 e. The van der Waals surface area contributed by atoms with Crippen molar-refractivity contribution in [3.8, 4) is 5.69 Å². The molecule has 0 spiro atoms. The molecular formula is C25H22FN3O3. The average molecular weight is 431 g/mol. The zero-order valence-corrected chi connectivity index (χ0v) is 18.0. The average Bonchev–Trinajstić information content (AvgIpc) is 3.05. The third-order valence-electron chi connectivity index (χ3n) is 5.56. The third-order valence-corrected chi connectivity index (χ3v) is 5.56. The summed E-state index contributed by atoms with van der Waals surface area (Å²) in [6.07, 6.45) is 2.43. The van der Waals surface area contributed by atoms with E-state index < -0.39 is 23.7 Å². The van der Waals surface area contributed by atoms with Gasteiger partial charge >= 0.3 is 6.03 Å². The Labute approximate surface area is 185 Å². The standard InChI is InChI=1S/C25H22FN3O3/c1-4-17-5-9-20(10-6-17)28-15(2)13-18(16(28)3)14-22-23(30)27-25(32)29(24(22)31)21-11-7-19(26)8-12-21/h5-14H,4H2,1-3H3,(H,27,30,32). The quantitative estimate of drug-likeness (QED) is 0.490. The van der Waals surface area contributed by atoms with E-state index in [0.29, 0.717) is 5.56 Å². The maximum atomic E-state index is 13.3. The van der Waals surface area contributed by atoms with Crippen molar-refractivity contribution < 1.29 is 18.8 Å². The number of urea groups is 1. The second-order valence-corrected chi connectivity index (χ2v) is 7.62. The first-order valence-corrected chi connectivity index (χ1v) is 10.3. The highest BCUT2D eigenvalue weighted by Crippen LogP contribution is 2.26. The highest BCUT2D eigenvalue weighted by molar-refractivity contribution is 6.39. The van der Waals surface area contributed by atoms with Crippen molar-refractivity contribution in [1.29, 1.82) is 0 Å². The zero-order valence-electron chi connectivity index (χ0n) is 18.0. The molecule has 0 saturated carbocycles. The van der Waals surface area contributed by atoms with Crippen molar-refractivity contribution >= 4 is 29.6 Å². The van der Waals surface area contributed by atoms with E-state index in [1.165, 1.54) is 23.8 Å². The molecule has 1 N–H and O–H groups in total. The van der Waals surface area contributed by atoms with E-state index in [9.17, 15) is 18.8 Å². The van der Waals surface area contributed by atoms with Crippen LogP contribution in [0.5, 0.6) is 0 Å². The molecule has 1 aliphatic rings. The van der Waals surface area contributed by atoms with Gasteiger partial charge in [0.25, 0.3) is 11.8 Å². The fourth-order valence-corrected chi connectivity index (χ4v) is 3.85. The van der Waals surface area contributed by atoms with Crippen molar-refractivity contribution in [1.82, 2.24) is 9.88 Å². The maximum absolute atomic E-state index is 13.3. The lowest BCUT2D eigenvalue weighted by Gasteiger charge is -2.26. The van der Waals surface area contributed by atoms with Crippen molar-refractivity contribution in [2.45, 2.75) is 27.2 Å². The first-order chi connectivity index (χ1) is 15.3. The molecule has 2 aromatic carbocycles. The van der Waals surface area contributed by atoms with Gasteiger partial charge in [-0.2, -0.15) is 0 Å².